The summed E-state index contributed by atoms with van der Waals surface area (Å²) in [6.45, 7) is 4.99. The summed E-state index contributed by atoms with van der Waals surface area (Å²) in [6, 6.07) is 10.5. The van der Waals surface area contributed by atoms with Crippen LogP contribution in [0.1, 0.15) is 12.5 Å². The molecule has 1 aromatic heterocycles. The van der Waals surface area contributed by atoms with E-state index < -0.39 is 0 Å². The van der Waals surface area contributed by atoms with E-state index in [1.807, 2.05) is 23.9 Å². The second kappa shape index (κ2) is 4.30. The lowest BCUT2D eigenvalue weighted by atomic mass is 10.1. The second-order valence-electron chi connectivity index (χ2n) is 3.70. The zero-order chi connectivity index (χ0) is 10.7. The first-order valence-electron chi connectivity index (χ1n) is 5.18. The molecule has 2 rings (SSSR count). The molecule has 2 aromatic rings. The second-order valence-corrected chi connectivity index (χ2v) is 3.70. The molecule has 0 fully saturated rings. The Labute approximate surface area is 90.6 Å². The van der Waals surface area contributed by atoms with Gasteiger partial charge in [0.2, 0.25) is 0 Å². The van der Waals surface area contributed by atoms with Crippen LogP contribution in [0.4, 0.5) is 0 Å². The van der Waals surface area contributed by atoms with Crippen LogP contribution in [0.2, 0.25) is 0 Å². The van der Waals surface area contributed by atoms with Gasteiger partial charge >= 0.3 is 0 Å². The van der Waals surface area contributed by atoms with Gasteiger partial charge in [-0.25, -0.2) is 0 Å². The average molecular weight is 199 g/mol. The van der Waals surface area contributed by atoms with Gasteiger partial charge in [0.15, 0.2) is 0 Å². The minimum absolute atomic E-state index is 0.867. The molecule has 0 aliphatic rings. The maximum atomic E-state index is 4.49. The predicted octanol–water partition coefficient (Wildman–Crippen LogP) is 3.08. The van der Waals surface area contributed by atoms with Gasteiger partial charge in [0.05, 0.1) is 5.69 Å². The van der Waals surface area contributed by atoms with Crippen molar-refractivity contribution in [1.29, 1.82) is 0 Å². The minimum atomic E-state index is 0.867. The predicted molar refractivity (Wildman–Crippen MR) is 62.4 cm³/mol. The van der Waals surface area contributed by atoms with Crippen molar-refractivity contribution in [2.75, 3.05) is 0 Å². The van der Waals surface area contributed by atoms with E-state index in [4.69, 9.17) is 0 Å². The standard InChI is InChI=1S/C13H15N2/c1-3-9-15-10-8-13(14-15)12-6-4-11(2)5-7-12/h3-8,10H,9H2,1-2H3. The summed E-state index contributed by atoms with van der Waals surface area (Å²) in [5.41, 5.74) is 3.49. The van der Waals surface area contributed by atoms with E-state index in [9.17, 15) is 0 Å². The van der Waals surface area contributed by atoms with Crippen molar-refractivity contribution in [3.8, 4) is 11.3 Å². The van der Waals surface area contributed by atoms with Gasteiger partial charge in [0.1, 0.15) is 0 Å². The molecule has 0 saturated carbocycles. The van der Waals surface area contributed by atoms with Crippen molar-refractivity contribution in [2.45, 2.75) is 20.4 Å². The molecular formula is C13H15N2. The van der Waals surface area contributed by atoms with Crippen LogP contribution in [-0.2, 0) is 6.54 Å². The first kappa shape index (κ1) is 9.97. The highest BCUT2D eigenvalue weighted by Gasteiger charge is 2.00. The van der Waals surface area contributed by atoms with Gasteiger partial charge in [-0.1, -0.05) is 36.8 Å². The molecule has 77 valence electrons. The van der Waals surface area contributed by atoms with Gasteiger partial charge in [-0.2, -0.15) is 5.10 Å². The maximum absolute atomic E-state index is 4.49. The first-order valence-corrected chi connectivity index (χ1v) is 5.18. The van der Waals surface area contributed by atoms with Crippen molar-refractivity contribution in [2.24, 2.45) is 0 Å². The molecule has 2 heteroatoms. The normalized spacial score (nSPS) is 10.5. The van der Waals surface area contributed by atoms with Crippen LogP contribution in [-0.4, -0.2) is 9.78 Å². The van der Waals surface area contributed by atoms with Crippen LogP contribution in [0.3, 0.4) is 0 Å². The third-order valence-electron chi connectivity index (χ3n) is 2.36. The first-order chi connectivity index (χ1) is 7.29. The SMILES string of the molecule is C[CH]Cn1ccc(-c2ccc(C)cc2)n1. The molecule has 0 spiro atoms. The Morgan fingerprint density at radius 1 is 1.20 bits per heavy atom. The molecule has 0 amide bonds. The molecule has 0 N–H and O–H groups in total. The molecule has 1 radical (unpaired) electrons. The Hall–Kier alpha value is -1.57. The lowest BCUT2D eigenvalue weighted by molar-refractivity contribution is 0.675. The van der Waals surface area contributed by atoms with Crippen LogP contribution < -0.4 is 0 Å². The van der Waals surface area contributed by atoms with Crippen molar-refractivity contribution in [3.63, 3.8) is 0 Å². The highest BCUT2D eigenvalue weighted by Crippen LogP contribution is 2.17. The third kappa shape index (κ3) is 2.27. The van der Waals surface area contributed by atoms with Crippen LogP contribution >= 0.6 is 0 Å². The number of nitrogens with zero attached hydrogens (tertiary/aromatic N) is 2. The summed E-state index contributed by atoms with van der Waals surface area (Å²) in [6.07, 6.45) is 4.10. The average Bonchev–Trinajstić information content (AvgIpc) is 2.68. The van der Waals surface area contributed by atoms with E-state index in [0.29, 0.717) is 0 Å². The van der Waals surface area contributed by atoms with Crippen LogP contribution in [0.5, 0.6) is 0 Å². The summed E-state index contributed by atoms with van der Waals surface area (Å²) in [5.74, 6) is 0. The van der Waals surface area contributed by atoms with Gasteiger partial charge in [-0.15, -0.1) is 0 Å². The quantitative estimate of drug-likeness (QED) is 0.742. The molecule has 0 unspecified atom stereocenters. The van der Waals surface area contributed by atoms with Crippen LogP contribution in [0.15, 0.2) is 36.5 Å². The fourth-order valence-corrected chi connectivity index (χ4v) is 1.53. The van der Waals surface area contributed by atoms with E-state index >= 15 is 0 Å². The van der Waals surface area contributed by atoms with E-state index in [1.54, 1.807) is 0 Å². The lowest BCUT2D eigenvalue weighted by Crippen LogP contribution is -1.97. The molecule has 2 nitrogen and oxygen atoms in total. The smallest absolute Gasteiger partial charge is 0.0923 e. The van der Waals surface area contributed by atoms with Crippen molar-refractivity contribution < 1.29 is 0 Å². The largest absolute Gasteiger partial charge is 0.272 e. The molecule has 1 aromatic carbocycles. The number of benzene rings is 1. The van der Waals surface area contributed by atoms with Crippen molar-refractivity contribution >= 4 is 0 Å². The van der Waals surface area contributed by atoms with Crippen molar-refractivity contribution in [3.05, 3.63) is 48.5 Å². The number of aryl methyl sites for hydroxylation is 1. The molecular weight excluding hydrogens is 184 g/mol. The highest BCUT2D eigenvalue weighted by atomic mass is 15.3. The van der Waals surface area contributed by atoms with Crippen LogP contribution in [0.25, 0.3) is 11.3 Å². The van der Waals surface area contributed by atoms with E-state index in [2.05, 4.69) is 42.7 Å². The minimum Gasteiger partial charge on any atom is -0.272 e. The number of hydrogen-bond acceptors (Lipinski definition) is 1. The highest BCUT2D eigenvalue weighted by molar-refractivity contribution is 5.58. The number of aromatic nitrogens is 2. The summed E-state index contributed by atoms with van der Waals surface area (Å²) < 4.78 is 1.94. The van der Waals surface area contributed by atoms with Gasteiger partial charge in [-0.05, 0) is 19.4 Å². The topological polar surface area (TPSA) is 17.8 Å². The fourth-order valence-electron chi connectivity index (χ4n) is 1.53. The summed E-state index contributed by atoms with van der Waals surface area (Å²) >= 11 is 0. The van der Waals surface area contributed by atoms with Crippen LogP contribution in [0, 0.1) is 13.3 Å². The Kier molecular flexibility index (Phi) is 2.86. The molecule has 0 bridgehead atoms. The molecule has 0 saturated heterocycles. The summed E-state index contributed by atoms with van der Waals surface area (Å²) in [7, 11) is 0. The van der Waals surface area contributed by atoms with Crippen molar-refractivity contribution in [1.82, 2.24) is 9.78 Å². The zero-order valence-electron chi connectivity index (χ0n) is 9.14. The van der Waals surface area contributed by atoms with E-state index in [-0.39, 0.29) is 0 Å². The Balaban J connectivity index is 2.25. The van der Waals surface area contributed by atoms with Gasteiger partial charge in [-0.3, -0.25) is 4.68 Å². The third-order valence-corrected chi connectivity index (χ3v) is 2.36. The Morgan fingerprint density at radius 2 is 1.93 bits per heavy atom. The monoisotopic (exact) mass is 199 g/mol. The fraction of sp³-hybridized carbons (Fsp3) is 0.231. The molecule has 0 aliphatic carbocycles. The van der Waals surface area contributed by atoms with E-state index in [1.165, 1.54) is 11.1 Å². The molecule has 0 atom stereocenters. The molecule has 15 heavy (non-hydrogen) atoms. The van der Waals surface area contributed by atoms with Gasteiger partial charge in [0, 0.05) is 18.3 Å². The maximum Gasteiger partial charge on any atom is 0.0923 e. The summed E-state index contributed by atoms with van der Waals surface area (Å²) in [4.78, 5) is 0. The number of hydrogen-bond donors (Lipinski definition) is 0. The van der Waals surface area contributed by atoms with Gasteiger partial charge in [0.25, 0.3) is 0 Å². The number of rotatable bonds is 3. The lowest BCUT2D eigenvalue weighted by Gasteiger charge is -1.98. The summed E-state index contributed by atoms with van der Waals surface area (Å²) in [5, 5.41) is 4.49. The van der Waals surface area contributed by atoms with Gasteiger partial charge < -0.3 is 0 Å². The Bertz CT molecular complexity index is 426. The van der Waals surface area contributed by atoms with E-state index in [0.717, 1.165) is 12.2 Å². The molecule has 0 aliphatic heterocycles. The zero-order valence-corrected chi connectivity index (χ0v) is 9.14. The molecule has 1 heterocycles. The Morgan fingerprint density at radius 3 is 2.60 bits per heavy atom.